The minimum absolute atomic E-state index is 0.268. The van der Waals surface area contributed by atoms with Gasteiger partial charge in [-0.05, 0) is 45.2 Å². The fourth-order valence-corrected chi connectivity index (χ4v) is 2.02. The van der Waals surface area contributed by atoms with Crippen LogP contribution in [-0.2, 0) is 15.7 Å². The van der Waals surface area contributed by atoms with Gasteiger partial charge in [-0.3, -0.25) is 0 Å². The molecule has 1 heterocycles. The van der Waals surface area contributed by atoms with Crippen molar-refractivity contribution in [1.82, 2.24) is 0 Å². The zero-order valence-electron chi connectivity index (χ0n) is 12.6. The summed E-state index contributed by atoms with van der Waals surface area (Å²) in [7, 11) is -0.268. The summed E-state index contributed by atoms with van der Waals surface area (Å²) in [5.74, 6) is 1.98. The molecule has 102 valence electrons. The third-order valence-electron chi connectivity index (χ3n) is 4.11. The van der Waals surface area contributed by atoms with Crippen molar-refractivity contribution in [2.45, 2.75) is 52.2 Å². The molecular formula is C16H23BO2. The predicted molar refractivity (Wildman–Crippen MR) is 80.9 cm³/mol. The SMILES string of the molecule is CCc1ccc(/C=C/B2OC(C)(C)C(C)(C)O2)cc1. The third-order valence-corrected chi connectivity index (χ3v) is 4.11. The number of aryl methyl sites for hydroxylation is 1. The van der Waals surface area contributed by atoms with E-state index in [9.17, 15) is 0 Å². The van der Waals surface area contributed by atoms with Crippen LogP contribution >= 0.6 is 0 Å². The average molecular weight is 258 g/mol. The lowest BCUT2D eigenvalue weighted by molar-refractivity contribution is 0.00578. The van der Waals surface area contributed by atoms with Gasteiger partial charge < -0.3 is 9.31 Å². The summed E-state index contributed by atoms with van der Waals surface area (Å²) in [6, 6.07) is 8.56. The molecular weight excluding hydrogens is 235 g/mol. The molecule has 0 amide bonds. The van der Waals surface area contributed by atoms with E-state index in [2.05, 4.69) is 65.0 Å². The summed E-state index contributed by atoms with van der Waals surface area (Å²) in [5.41, 5.74) is 1.99. The van der Waals surface area contributed by atoms with Crippen molar-refractivity contribution in [3.63, 3.8) is 0 Å². The van der Waals surface area contributed by atoms with Gasteiger partial charge >= 0.3 is 7.12 Å². The molecule has 1 aromatic carbocycles. The molecule has 0 N–H and O–H groups in total. The van der Waals surface area contributed by atoms with Crippen LogP contribution in [0.15, 0.2) is 30.2 Å². The van der Waals surface area contributed by atoms with Gasteiger partial charge in [-0.1, -0.05) is 43.2 Å². The molecule has 1 saturated heterocycles. The molecule has 0 spiro atoms. The summed E-state index contributed by atoms with van der Waals surface area (Å²) >= 11 is 0. The molecule has 0 bridgehead atoms. The van der Waals surface area contributed by atoms with Crippen LogP contribution in [0.1, 0.15) is 45.7 Å². The molecule has 19 heavy (non-hydrogen) atoms. The van der Waals surface area contributed by atoms with Crippen LogP contribution in [0.4, 0.5) is 0 Å². The van der Waals surface area contributed by atoms with Gasteiger partial charge in [0, 0.05) is 0 Å². The second-order valence-electron chi connectivity index (χ2n) is 6.08. The van der Waals surface area contributed by atoms with Gasteiger partial charge in [-0.25, -0.2) is 0 Å². The lowest BCUT2D eigenvalue weighted by Crippen LogP contribution is -2.41. The third kappa shape index (κ3) is 3.10. The highest BCUT2D eigenvalue weighted by molar-refractivity contribution is 6.52. The Bertz CT molecular complexity index is 444. The molecule has 1 aliphatic rings. The number of benzene rings is 1. The lowest BCUT2D eigenvalue weighted by atomic mass is 9.89. The molecule has 1 aliphatic heterocycles. The van der Waals surface area contributed by atoms with E-state index in [4.69, 9.17) is 9.31 Å². The highest BCUT2D eigenvalue weighted by Crippen LogP contribution is 2.36. The van der Waals surface area contributed by atoms with Gasteiger partial charge in [0.2, 0.25) is 0 Å². The fourth-order valence-electron chi connectivity index (χ4n) is 2.02. The van der Waals surface area contributed by atoms with Gasteiger partial charge in [0.15, 0.2) is 0 Å². The predicted octanol–water partition coefficient (Wildman–Crippen LogP) is 3.89. The first-order valence-corrected chi connectivity index (χ1v) is 6.97. The van der Waals surface area contributed by atoms with Crippen LogP contribution in [0.2, 0.25) is 0 Å². The maximum Gasteiger partial charge on any atom is 0.487 e. The van der Waals surface area contributed by atoms with Crippen LogP contribution < -0.4 is 0 Å². The molecule has 0 aliphatic carbocycles. The van der Waals surface area contributed by atoms with E-state index in [1.54, 1.807) is 0 Å². The summed E-state index contributed by atoms with van der Waals surface area (Å²) in [5, 5.41) is 0. The summed E-state index contributed by atoms with van der Waals surface area (Å²) in [6.45, 7) is 10.4. The Morgan fingerprint density at radius 2 is 1.53 bits per heavy atom. The average Bonchev–Trinajstić information content (AvgIpc) is 2.56. The molecule has 3 heteroatoms. The van der Waals surface area contributed by atoms with Crippen LogP contribution in [-0.4, -0.2) is 18.3 Å². The van der Waals surface area contributed by atoms with E-state index >= 15 is 0 Å². The smallest absolute Gasteiger partial charge is 0.400 e. The Morgan fingerprint density at radius 1 is 1.00 bits per heavy atom. The molecule has 0 unspecified atom stereocenters. The number of hydrogen-bond donors (Lipinski definition) is 0. The van der Waals surface area contributed by atoms with E-state index in [1.807, 2.05) is 5.98 Å². The Kier molecular flexibility index (Phi) is 3.89. The molecule has 1 aromatic rings. The Hall–Kier alpha value is -1.06. The van der Waals surface area contributed by atoms with E-state index in [1.165, 1.54) is 11.1 Å². The summed E-state index contributed by atoms with van der Waals surface area (Å²) < 4.78 is 11.8. The fraction of sp³-hybridized carbons (Fsp3) is 0.500. The van der Waals surface area contributed by atoms with Crippen molar-refractivity contribution in [2.24, 2.45) is 0 Å². The Balaban J connectivity index is 2.04. The van der Waals surface area contributed by atoms with Crippen molar-refractivity contribution in [1.29, 1.82) is 0 Å². The first kappa shape index (κ1) is 14.4. The van der Waals surface area contributed by atoms with E-state index in [0.29, 0.717) is 0 Å². The minimum Gasteiger partial charge on any atom is -0.400 e. The first-order valence-electron chi connectivity index (χ1n) is 6.97. The quantitative estimate of drug-likeness (QED) is 0.765. The van der Waals surface area contributed by atoms with Crippen LogP contribution in [0.3, 0.4) is 0 Å². The second-order valence-corrected chi connectivity index (χ2v) is 6.08. The van der Waals surface area contributed by atoms with Gasteiger partial charge in [0.05, 0.1) is 11.2 Å². The standard InChI is InChI=1S/C16H23BO2/c1-6-13-7-9-14(10-8-13)11-12-17-18-15(2,3)16(4,5)19-17/h7-12H,6H2,1-5H3/b12-11+. The van der Waals surface area contributed by atoms with Crippen LogP contribution in [0.5, 0.6) is 0 Å². The van der Waals surface area contributed by atoms with Gasteiger partial charge in [-0.15, -0.1) is 0 Å². The van der Waals surface area contributed by atoms with Crippen molar-refractivity contribution in [3.05, 3.63) is 41.4 Å². The van der Waals surface area contributed by atoms with Crippen LogP contribution in [0, 0.1) is 0 Å². The number of rotatable bonds is 3. The van der Waals surface area contributed by atoms with Crippen molar-refractivity contribution < 1.29 is 9.31 Å². The van der Waals surface area contributed by atoms with Crippen molar-refractivity contribution in [3.8, 4) is 0 Å². The zero-order valence-corrected chi connectivity index (χ0v) is 12.6. The second kappa shape index (κ2) is 5.14. The summed E-state index contributed by atoms with van der Waals surface area (Å²) in [6.07, 6.45) is 3.13. The van der Waals surface area contributed by atoms with E-state index < -0.39 is 0 Å². The number of hydrogen-bond acceptors (Lipinski definition) is 2. The van der Waals surface area contributed by atoms with Crippen LogP contribution in [0.25, 0.3) is 6.08 Å². The molecule has 0 atom stereocenters. The molecule has 1 fully saturated rings. The Labute approximate surface area is 117 Å². The normalized spacial score (nSPS) is 21.2. The molecule has 2 nitrogen and oxygen atoms in total. The largest absolute Gasteiger partial charge is 0.487 e. The van der Waals surface area contributed by atoms with Crippen molar-refractivity contribution >= 4 is 13.2 Å². The first-order chi connectivity index (χ1) is 8.84. The van der Waals surface area contributed by atoms with E-state index in [0.717, 1.165) is 6.42 Å². The van der Waals surface area contributed by atoms with E-state index in [-0.39, 0.29) is 18.3 Å². The topological polar surface area (TPSA) is 18.5 Å². The molecule has 0 saturated carbocycles. The minimum atomic E-state index is -0.270. The maximum atomic E-state index is 5.92. The maximum absolute atomic E-state index is 5.92. The van der Waals surface area contributed by atoms with Gasteiger partial charge in [0.1, 0.15) is 0 Å². The zero-order chi connectivity index (χ0) is 14.1. The molecule has 2 rings (SSSR count). The highest BCUT2D eigenvalue weighted by atomic mass is 16.7. The highest BCUT2D eigenvalue weighted by Gasteiger charge is 2.49. The Morgan fingerprint density at radius 3 is 2.00 bits per heavy atom. The lowest BCUT2D eigenvalue weighted by Gasteiger charge is -2.32. The molecule has 0 radical (unpaired) electrons. The molecule has 0 aromatic heterocycles. The van der Waals surface area contributed by atoms with Crippen molar-refractivity contribution in [2.75, 3.05) is 0 Å². The van der Waals surface area contributed by atoms with Gasteiger partial charge in [0.25, 0.3) is 0 Å². The monoisotopic (exact) mass is 258 g/mol. The summed E-state index contributed by atoms with van der Waals surface area (Å²) in [4.78, 5) is 0. The van der Waals surface area contributed by atoms with Gasteiger partial charge in [-0.2, -0.15) is 0 Å².